The fourth-order valence-electron chi connectivity index (χ4n) is 2.41. The van der Waals surface area contributed by atoms with Crippen molar-refractivity contribution >= 4 is 5.91 Å². The van der Waals surface area contributed by atoms with Crippen molar-refractivity contribution < 1.29 is 9.18 Å². The number of hydrogen-bond acceptors (Lipinski definition) is 2. The summed E-state index contributed by atoms with van der Waals surface area (Å²) < 4.78 is 12.7. The smallest absolute Gasteiger partial charge is 0.255 e. The molecule has 0 aromatic carbocycles. The third-order valence-corrected chi connectivity index (χ3v) is 3.30. The molecule has 1 amide bonds. The first-order valence-electron chi connectivity index (χ1n) is 6.02. The molecule has 0 radical (unpaired) electrons. The maximum atomic E-state index is 12.7. The van der Waals surface area contributed by atoms with Crippen molar-refractivity contribution in [2.45, 2.75) is 32.7 Å². The van der Waals surface area contributed by atoms with Gasteiger partial charge in [-0.05, 0) is 30.9 Å². The van der Waals surface area contributed by atoms with E-state index in [1.54, 1.807) is 0 Å². The molecular formula is C13H17FN2O. The number of likely N-dealkylation sites (tertiary alicyclic amines) is 1. The van der Waals surface area contributed by atoms with Crippen molar-refractivity contribution in [3.8, 4) is 0 Å². The average Bonchev–Trinajstić information content (AvgIpc) is 2.78. The maximum Gasteiger partial charge on any atom is 0.255 e. The summed E-state index contributed by atoms with van der Waals surface area (Å²) in [7, 11) is 0. The quantitative estimate of drug-likeness (QED) is 0.739. The number of carbonyl (C=O) groups excluding carboxylic acids is 1. The Balaban J connectivity index is 2.17. The van der Waals surface area contributed by atoms with Gasteiger partial charge in [-0.3, -0.25) is 4.79 Å². The van der Waals surface area contributed by atoms with Gasteiger partial charge in [0.2, 0.25) is 5.95 Å². The van der Waals surface area contributed by atoms with Crippen LogP contribution >= 0.6 is 0 Å². The van der Waals surface area contributed by atoms with Crippen molar-refractivity contribution in [3.63, 3.8) is 0 Å². The van der Waals surface area contributed by atoms with E-state index in [2.05, 4.69) is 18.8 Å². The second-order valence-corrected chi connectivity index (χ2v) is 4.82. The van der Waals surface area contributed by atoms with Crippen molar-refractivity contribution in [3.05, 3.63) is 29.8 Å². The van der Waals surface area contributed by atoms with E-state index < -0.39 is 5.95 Å². The number of amides is 1. The zero-order valence-electron chi connectivity index (χ0n) is 10.2. The summed E-state index contributed by atoms with van der Waals surface area (Å²) >= 11 is 0. The van der Waals surface area contributed by atoms with Crippen LogP contribution in [0.2, 0.25) is 0 Å². The third kappa shape index (κ3) is 2.46. The van der Waals surface area contributed by atoms with Crippen molar-refractivity contribution in [2.75, 3.05) is 6.54 Å². The third-order valence-electron chi connectivity index (χ3n) is 3.30. The molecule has 4 heteroatoms. The first-order chi connectivity index (χ1) is 8.09. The molecule has 0 aliphatic carbocycles. The molecule has 2 heterocycles. The van der Waals surface area contributed by atoms with Crippen LogP contribution in [0.5, 0.6) is 0 Å². The van der Waals surface area contributed by atoms with Crippen LogP contribution in [0.25, 0.3) is 0 Å². The highest BCUT2D eigenvalue weighted by Crippen LogP contribution is 2.25. The number of halogens is 1. The number of nitrogens with zero attached hydrogens (tertiary/aromatic N) is 2. The van der Waals surface area contributed by atoms with Crippen LogP contribution in [-0.4, -0.2) is 28.4 Å². The number of hydrogen-bond donors (Lipinski definition) is 0. The normalized spacial score (nSPS) is 20.0. The molecule has 1 atom stereocenters. The zero-order valence-corrected chi connectivity index (χ0v) is 10.2. The minimum absolute atomic E-state index is 0.0336. The van der Waals surface area contributed by atoms with E-state index >= 15 is 0 Å². The van der Waals surface area contributed by atoms with Crippen LogP contribution in [-0.2, 0) is 0 Å². The molecule has 1 fully saturated rings. The molecule has 1 aromatic rings. The lowest BCUT2D eigenvalue weighted by atomic mass is 10.0. The topological polar surface area (TPSA) is 33.2 Å². The standard InChI is InChI=1S/C13H17FN2O/c1-9(2)11-4-3-7-16(11)13(17)10-5-6-12(14)15-8-10/h5-6,8-9,11H,3-4,7H2,1-2H3. The Hall–Kier alpha value is -1.45. The molecule has 1 aliphatic heterocycles. The molecule has 1 unspecified atom stereocenters. The average molecular weight is 236 g/mol. The Morgan fingerprint density at radius 1 is 1.53 bits per heavy atom. The molecule has 0 bridgehead atoms. The minimum Gasteiger partial charge on any atom is -0.335 e. The number of aromatic nitrogens is 1. The van der Waals surface area contributed by atoms with Gasteiger partial charge in [-0.25, -0.2) is 4.98 Å². The molecule has 1 aliphatic rings. The highest BCUT2D eigenvalue weighted by atomic mass is 19.1. The van der Waals surface area contributed by atoms with E-state index in [9.17, 15) is 9.18 Å². The van der Waals surface area contributed by atoms with E-state index in [1.165, 1.54) is 18.3 Å². The van der Waals surface area contributed by atoms with E-state index in [0.29, 0.717) is 17.5 Å². The predicted octanol–water partition coefficient (Wildman–Crippen LogP) is 2.48. The summed E-state index contributed by atoms with van der Waals surface area (Å²) in [6, 6.07) is 3.03. The fourth-order valence-corrected chi connectivity index (χ4v) is 2.41. The van der Waals surface area contributed by atoms with Crippen molar-refractivity contribution in [1.82, 2.24) is 9.88 Å². The van der Waals surface area contributed by atoms with E-state index in [4.69, 9.17) is 0 Å². The molecule has 0 N–H and O–H groups in total. The zero-order chi connectivity index (χ0) is 12.4. The summed E-state index contributed by atoms with van der Waals surface area (Å²) in [6.07, 6.45) is 3.41. The Bertz CT molecular complexity index is 402. The van der Waals surface area contributed by atoms with Gasteiger partial charge in [0.25, 0.3) is 5.91 Å². The van der Waals surface area contributed by atoms with Crippen LogP contribution in [0.4, 0.5) is 4.39 Å². The van der Waals surface area contributed by atoms with E-state index in [0.717, 1.165) is 19.4 Å². The molecule has 2 rings (SSSR count). The molecule has 0 spiro atoms. The van der Waals surface area contributed by atoms with Gasteiger partial charge in [0.1, 0.15) is 0 Å². The summed E-state index contributed by atoms with van der Waals surface area (Å²) in [6.45, 7) is 5.04. The Labute approximate surface area is 101 Å². The molecule has 92 valence electrons. The van der Waals surface area contributed by atoms with Gasteiger partial charge in [-0.2, -0.15) is 4.39 Å². The lowest BCUT2D eigenvalue weighted by Gasteiger charge is -2.27. The molecular weight excluding hydrogens is 219 g/mol. The second kappa shape index (κ2) is 4.82. The summed E-state index contributed by atoms with van der Waals surface area (Å²) in [5.74, 6) is -0.132. The molecule has 1 aromatic heterocycles. The van der Waals surface area contributed by atoms with Gasteiger partial charge in [0, 0.05) is 18.8 Å². The van der Waals surface area contributed by atoms with Gasteiger partial charge in [-0.15, -0.1) is 0 Å². The Morgan fingerprint density at radius 3 is 2.88 bits per heavy atom. The lowest BCUT2D eigenvalue weighted by Crippen LogP contribution is -2.38. The molecule has 0 saturated carbocycles. The molecule has 3 nitrogen and oxygen atoms in total. The number of pyridine rings is 1. The van der Waals surface area contributed by atoms with Gasteiger partial charge in [0.05, 0.1) is 5.56 Å². The maximum absolute atomic E-state index is 12.7. The van der Waals surface area contributed by atoms with Gasteiger partial charge in [-0.1, -0.05) is 13.8 Å². The first-order valence-corrected chi connectivity index (χ1v) is 6.02. The molecule has 17 heavy (non-hydrogen) atoms. The van der Waals surface area contributed by atoms with Gasteiger partial charge < -0.3 is 4.90 Å². The van der Waals surface area contributed by atoms with Gasteiger partial charge in [0.15, 0.2) is 0 Å². The minimum atomic E-state index is -0.552. The monoisotopic (exact) mass is 236 g/mol. The van der Waals surface area contributed by atoms with Crippen LogP contribution in [0, 0.1) is 11.9 Å². The van der Waals surface area contributed by atoms with Crippen LogP contribution in [0.3, 0.4) is 0 Å². The Morgan fingerprint density at radius 2 is 2.29 bits per heavy atom. The highest BCUT2D eigenvalue weighted by molar-refractivity contribution is 5.94. The van der Waals surface area contributed by atoms with Crippen molar-refractivity contribution in [1.29, 1.82) is 0 Å². The summed E-state index contributed by atoms with van der Waals surface area (Å²) in [5.41, 5.74) is 0.471. The Kier molecular flexibility index (Phi) is 3.41. The van der Waals surface area contributed by atoms with Crippen LogP contribution < -0.4 is 0 Å². The predicted molar refractivity (Wildman–Crippen MR) is 63.1 cm³/mol. The van der Waals surface area contributed by atoms with Crippen LogP contribution in [0.15, 0.2) is 18.3 Å². The fraction of sp³-hybridized carbons (Fsp3) is 0.538. The van der Waals surface area contributed by atoms with Crippen molar-refractivity contribution in [2.24, 2.45) is 5.92 Å². The summed E-state index contributed by atoms with van der Waals surface area (Å²) in [4.78, 5) is 17.7. The SMILES string of the molecule is CC(C)C1CCCN1C(=O)c1ccc(F)nc1. The van der Waals surface area contributed by atoms with Crippen LogP contribution in [0.1, 0.15) is 37.0 Å². The molecule has 1 saturated heterocycles. The van der Waals surface area contributed by atoms with Gasteiger partial charge >= 0.3 is 0 Å². The number of rotatable bonds is 2. The second-order valence-electron chi connectivity index (χ2n) is 4.82. The first kappa shape index (κ1) is 12.0. The summed E-state index contributed by atoms with van der Waals surface area (Å²) in [5, 5.41) is 0. The van der Waals surface area contributed by atoms with E-state index in [1.807, 2.05) is 4.90 Å². The van der Waals surface area contributed by atoms with E-state index in [-0.39, 0.29) is 5.91 Å². The lowest BCUT2D eigenvalue weighted by molar-refractivity contribution is 0.0701. The highest BCUT2D eigenvalue weighted by Gasteiger charge is 2.31. The largest absolute Gasteiger partial charge is 0.335 e. The number of carbonyl (C=O) groups is 1.